The van der Waals surface area contributed by atoms with Gasteiger partial charge in [0.25, 0.3) is 11.8 Å². The lowest BCUT2D eigenvalue weighted by Crippen LogP contribution is -2.41. The third-order valence-electron chi connectivity index (χ3n) is 3.47. The van der Waals surface area contributed by atoms with E-state index in [4.69, 9.17) is 0 Å². The molecular weight excluding hydrogens is 309 g/mol. The number of aromatic nitrogens is 1. The minimum atomic E-state index is -0.541. The van der Waals surface area contributed by atoms with Crippen molar-refractivity contribution in [1.82, 2.24) is 15.8 Å². The van der Waals surface area contributed by atoms with Crippen molar-refractivity contribution >= 4 is 22.7 Å². The van der Waals surface area contributed by atoms with Gasteiger partial charge >= 0.3 is 0 Å². The Morgan fingerprint density at radius 2 is 1.67 bits per heavy atom. The first-order valence-corrected chi connectivity index (χ1v) is 7.27. The topological polar surface area (TPSA) is 71.1 Å². The van der Waals surface area contributed by atoms with E-state index >= 15 is 0 Å². The van der Waals surface area contributed by atoms with Crippen LogP contribution in [-0.4, -0.2) is 16.8 Å². The average molecular weight is 323 g/mol. The van der Waals surface area contributed by atoms with Gasteiger partial charge in [0.15, 0.2) is 0 Å². The number of aryl methyl sites for hydroxylation is 1. The summed E-state index contributed by atoms with van der Waals surface area (Å²) in [6, 6.07) is 14.1. The molecule has 0 aliphatic carbocycles. The van der Waals surface area contributed by atoms with Gasteiger partial charge in [-0.25, -0.2) is 4.39 Å². The Bertz CT molecular complexity index is 926. The normalized spacial score (nSPS) is 10.4. The number of benzene rings is 2. The lowest BCUT2D eigenvalue weighted by molar-refractivity contribution is 0.0847. The van der Waals surface area contributed by atoms with Crippen LogP contribution in [-0.2, 0) is 0 Å². The molecule has 5 nitrogen and oxygen atoms in total. The summed E-state index contributed by atoms with van der Waals surface area (Å²) in [6.45, 7) is 1.74. The second-order valence-electron chi connectivity index (χ2n) is 5.25. The summed E-state index contributed by atoms with van der Waals surface area (Å²) in [5.74, 6) is -1.44. The second kappa shape index (κ2) is 6.45. The molecule has 2 N–H and O–H groups in total. The Labute approximate surface area is 137 Å². The number of carbonyl (C=O) groups is 2. The van der Waals surface area contributed by atoms with Gasteiger partial charge in [-0.3, -0.25) is 25.4 Å². The molecule has 2 aromatic carbocycles. The number of hydrazine groups is 1. The fourth-order valence-electron chi connectivity index (χ4n) is 2.36. The third kappa shape index (κ3) is 3.22. The van der Waals surface area contributed by atoms with Crippen molar-refractivity contribution in [2.24, 2.45) is 0 Å². The van der Waals surface area contributed by atoms with Crippen molar-refractivity contribution in [3.63, 3.8) is 0 Å². The maximum Gasteiger partial charge on any atom is 0.270 e. The molecule has 0 bridgehead atoms. The van der Waals surface area contributed by atoms with Gasteiger partial charge in [-0.1, -0.05) is 18.2 Å². The zero-order valence-corrected chi connectivity index (χ0v) is 12.8. The van der Waals surface area contributed by atoms with Gasteiger partial charge in [-0.05, 0) is 43.3 Å². The highest BCUT2D eigenvalue weighted by Gasteiger charge is 2.14. The number of hydrogen-bond acceptors (Lipinski definition) is 3. The molecule has 0 fully saturated rings. The van der Waals surface area contributed by atoms with E-state index in [-0.39, 0.29) is 5.56 Å². The minimum absolute atomic E-state index is 0.241. The number of halogens is 1. The number of pyridine rings is 1. The lowest BCUT2D eigenvalue weighted by Gasteiger charge is -2.10. The third-order valence-corrected chi connectivity index (χ3v) is 3.47. The van der Waals surface area contributed by atoms with Crippen molar-refractivity contribution < 1.29 is 14.0 Å². The number of nitrogens with one attached hydrogen (secondary N) is 2. The molecule has 0 unspecified atom stereocenters. The molecule has 120 valence electrons. The number of fused-ring (bicyclic) bond motifs is 1. The van der Waals surface area contributed by atoms with Crippen LogP contribution in [0.25, 0.3) is 10.9 Å². The molecule has 0 aliphatic heterocycles. The quantitative estimate of drug-likeness (QED) is 0.712. The molecule has 24 heavy (non-hydrogen) atoms. The van der Waals surface area contributed by atoms with Crippen molar-refractivity contribution in [2.45, 2.75) is 6.92 Å². The summed E-state index contributed by atoms with van der Waals surface area (Å²) in [7, 11) is 0. The van der Waals surface area contributed by atoms with Crippen molar-refractivity contribution in [1.29, 1.82) is 0 Å². The van der Waals surface area contributed by atoms with E-state index in [2.05, 4.69) is 15.8 Å². The van der Waals surface area contributed by atoms with Gasteiger partial charge in [0.2, 0.25) is 0 Å². The Balaban J connectivity index is 1.84. The summed E-state index contributed by atoms with van der Waals surface area (Å²) in [5, 5.41) is 0.382. The monoisotopic (exact) mass is 323 g/mol. The summed E-state index contributed by atoms with van der Waals surface area (Å²) in [4.78, 5) is 28.6. The largest absolute Gasteiger partial charge is 0.270 e. The van der Waals surface area contributed by atoms with Gasteiger partial charge in [-0.2, -0.15) is 0 Å². The second-order valence-corrected chi connectivity index (χ2v) is 5.25. The van der Waals surface area contributed by atoms with Crippen LogP contribution in [0.3, 0.4) is 0 Å². The molecule has 1 aromatic heterocycles. The van der Waals surface area contributed by atoms with Crippen LogP contribution in [0.5, 0.6) is 0 Å². The maximum atomic E-state index is 13.5. The molecule has 3 rings (SSSR count). The number of rotatable bonds is 2. The molecule has 0 atom stereocenters. The molecule has 0 radical (unpaired) electrons. The average Bonchev–Trinajstić information content (AvgIpc) is 2.59. The minimum Gasteiger partial charge on any atom is -0.267 e. The molecule has 0 spiro atoms. The van der Waals surface area contributed by atoms with Crippen molar-refractivity contribution in [2.75, 3.05) is 0 Å². The first kappa shape index (κ1) is 15.6. The van der Waals surface area contributed by atoms with Gasteiger partial charge in [0.05, 0.1) is 11.1 Å². The molecule has 0 saturated heterocycles. The Morgan fingerprint density at radius 3 is 2.42 bits per heavy atom. The van der Waals surface area contributed by atoms with Crippen LogP contribution in [0.2, 0.25) is 0 Å². The first-order chi connectivity index (χ1) is 11.5. The fraction of sp³-hybridized carbons (Fsp3) is 0.0556. The van der Waals surface area contributed by atoms with Crippen LogP contribution < -0.4 is 10.9 Å². The standard InChI is InChI=1S/C18H14FN3O2/c1-11-9-15(14-10-13(19)7-8-16(14)20-11)18(24)22-21-17(23)12-5-3-2-4-6-12/h2-10H,1H3,(H,21,23)(H,22,24). The summed E-state index contributed by atoms with van der Waals surface area (Å²) >= 11 is 0. The number of carbonyl (C=O) groups excluding carboxylic acids is 2. The highest BCUT2D eigenvalue weighted by Crippen LogP contribution is 2.19. The lowest BCUT2D eigenvalue weighted by atomic mass is 10.1. The zero-order valence-electron chi connectivity index (χ0n) is 12.8. The van der Waals surface area contributed by atoms with Crippen LogP contribution >= 0.6 is 0 Å². The fourth-order valence-corrected chi connectivity index (χ4v) is 2.36. The SMILES string of the molecule is Cc1cc(C(=O)NNC(=O)c2ccccc2)c2cc(F)ccc2n1. The molecule has 1 heterocycles. The first-order valence-electron chi connectivity index (χ1n) is 7.27. The van der Waals surface area contributed by atoms with Crippen LogP contribution in [0.4, 0.5) is 4.39 Å². The number of nitrogens with zero attached hydrogens (tertiary/aromatic N) is 1. The highest BCUT2D eigenvalue weighted by molar-refractivity contribution is 6.07. The van der Waals surface area contributed by atoms with Gasteiger partial charge in [0.1, 0.15) is 5.82 Å². The van der Waals surface area contributed by atoms with Crippen molar-refractivity contribution in [3.8, 4) is 0 Å². The smallest absolute Gasteiger partial charge is 0.267 e. The van der Waals surface area contributed by atoms with E-state index in [0.717, 1.165) is 0 Å². The van der Waals surface area contributed by atoms with E-state index in [0.29, 0.717) is 22.2 Å². The van der Waals surface area contributed by atoms with Crippen LogP contribution in [0.15, 0.2) is 54.6 Å². The summed E-state index contributed by atoms with van der Waals surface area (Å²) in [6.07, 6.45) is 0. The molecule has 0 saturated carbocycles. The predicted molar refractivity (Wildman–Crippen MR) is 87.8 cm³/mol. The van der Waals surface area contributed by atoms with Gasteiger partial charge in [0, 0.05) is 16.6 Å². The number of hydrogen-bond donors (Lipinski definition) is 2. The Morgan fingerprint density at radius 1 is 0.958 bits per heavy atom. The zero-order chi connectivity index (χ0) is 17.1. The van der Waals surface area contributed by atoms with Crippen molar-refractivity contribution in [3.05, 3.63) is 77.2 Å². The predicted octanol–water partition coefficient (Wildman–Crippen LogP) is 2.76. The van der Waals surface area contributed by atoms with Crippen LogP contribution in [0, 0.1) is 12.7 Å². The Hall–Kier alpha value is -3.28. The molecule has 0 aliphatic rings. The van der Waals surface area contributed by atoms with Crippen LogP contribution in [0.1, 0.15) is 26.4 Å². The van der Waals surface area contributed by atoms with E-state index in [1.165, 1.54) is 18.2 Å². The number of amides is 2. The molecule has 3 aromatic rings. The summed E-state index contributed by atoms with van der Waals surface area (Å²) in [5.41, 5.74) is 6.48. The van der Waals surface area contributed by atoms with Gasteiger partial charge < -0.3 is 0 Å². The Kier molecular flexibility index (Phi) is 4.20. The molecular formula is C18H14FN3O2. The highest BCUT2D eigenvalue weighted by atomic mass is 19.1. The van der Waals surface area contributed by atoms with E-state index < -0.39 is 17.6 Å². The molecule has 2 amide bonds. The van der Waals surface area contributed by atoms with Gasteiger partial charge in [-0.15, -0.1) is 0 Å². The maximum absolute atomic E-state index is 13.5. The molecule has 6 heteroatoms. The van der Waals surface area contributed by atoms with E-state index in [1.54, 1.807) is 43.3 Å². The van der Waals surface area contributed by atoms with E-state index in [1.807, 2.05) is 0 Å². The van der Waals surface area contributed by atoms with E-state index in [9.17, 15) is 14.0 Å². The summed E-state index contributed by atoms with van der Waals surface area (Å²) < 4.78 is 13.5.